The largest absolute Gasteiger partial charge is 0.481 e. The summed E-state index contributed by atoms with van der Waals surface area (Å²) in [5.74, 6) is -0.0622. The molecule has 1 aromatic carbocycles. The van der Waals surface area contributed by atoms with Gasteiger partial charge in [0.05, 0.1) is 5.75 Å². The van der Waals surface area contributed by atoms with E-state index in [9.17, 15) is 4.79 Å². The van der Waals surface area contributed by atoms with Crippen molar-refractivity contribution < 1.29 is 9.90 Å². The second-order valence-electron chi connectivity index (χ2n) is 4.68. The van der Waals surface area contributed by atoms with Crippen molar-refractivity contribution in [3.8, 4) is 0 Å². The molecule has 0 radical (unpaired) electrons. The molecule has 0 unspecified atom stereocenters. The quantitative estimate of drug-likeness (QED) is 0.705. The number of carbonyl (C=O) groups is 1. The van der Waals surface area contributed by atoms with E-state index >= 15 is 0 Å². The first-order valence-corrected chi connectivity index (χ1v) is 7.41. The fourth-order valence-corrected chi connectivity index (χ4v) is 2.85. The maximum absolute atomic E-state index is 10.6. The van der Waals surface area contributed by atoms with Crippen molar-refractivity contribution in [1.29, 1.82) is 0 Å². The van der Waals surface area contributed by atoms with E-state index in [1.165, 1.54) is 17.1 Å². The van der Waals surface area contributed by atoms with Crippen molar-refractivity contribution in [2.45, 2.75) is 11.6 Å². The van der Waals surface area contributed by atoms with Gasteiger partial charge in [-0.3, -0.25) is 4.79 Å². The van der Waals surface area contributed by atoms with Gasteiger partial charge in [-0.05, 0) is 11.6 Å². The molecule has 6 nitrogen and oxygen atoms in total. The lowest BCUT2D eigenvalue weighted by Gasteiger charge is -2.02. The summed E-state index contributed by atoms with van der Waals surface area (Å²) in [6.07, 6.45) is 2.63. The highest BCUT2D eigenvalue weighted by Crippen LogP contribution is 2.22. The molecular formula is C14H14N4O2S. The summed E-state index contributed by atoms with van der Waals surface area (Å²) in [6, 6.07) is 8.09. The summed E-state index contributed by atoms with van der Waals surface area (Å²) in [7, 11) is 1.86. The zero-order chi connectivity index (χ0) is 14.8. The van der Waals surface area contributed by atoms with Gasteiger partial charge in [0.2, 0.25) is 0 Å². The maximum atomic E-state index is 10.6. The SMILES string of the molecule is Cn1c(Cc2c[nH]c3ccccc23)nnc1SCC(=O)O. The van der Waals surface area contributed by atoms with Gasteiger partial charge in [0.25, 0.3) is 0 Å². The van der Waals surface area contributed by atoms with Crippen LogP contribution in [0.2, 0.25) is 0 Å². The number of thioether (sulfide) groups is 1. The van der Waals surface area contributed by atoms with Gasteiger partial charge >= 0.3 is 5.97 Å². The lowest BCUT2D eigenvalue weighted by molar-refractivity contribution is -0.133. The average molecular weight is 302 g/mol. The number of nitrogens with one attached hydrogen (secondary N) is 1. The van der Waals surface area contributed by atoms with Crippen molar-refractivity contribution >= 4 is 28.6 Å². The molecule has 21 heavy (non-hydrogen) atoms. The van der Waals surface area contributed by atoms with E-state index in [1.807, 2.05) is 36.0 Å². The predicted octanol–water partition coefficient (Wildman–Crippen LogP) is 2.06. The van der Waals surface area contributed by atoms with Gasteiger partial charge in [0.1, 0.15) is 5.82 Å². The van der Waals surface area contributed by atoms with Crippen molar-refractivity contribution in [3.05, 3.63) is 41.9 Å². The molecule has 3 rings (SSSR count). The number of aromatic amines is 1. The molecule has 2 N–H and O–H groups in total. The van der Waals surface area contributed by atoms with Crippen LogP contribution in [0.3, 0.4) is 0 Å². The Bertz CT molecular complexity index is 793. The van der Waals surface area contributed by atoms with Gasteiger partial charge in [0.15, 0.2) is 5.16 Å². The number of aliphatic carboxylic acids is 1. The van der Waals surface area contributed by atoms with E-state index in [0.29, 0.717) is 11.6 Å². The number of rotatable bonds is 5. The molecule has 0 saturated carbocycles. The van der Waals surface area contributed by atoms with Crippen molar-refractivity contribution in [2.24, 2.45) is 7.05 Å². The average Bonchev–Trinajstić information content (AvgIpc) is 3.03. The van der Waals surface area contributed by atoms with E-state index in [-0.39, 0.29) is 5.75 Å². The number of hydrogen-bond acceptors (Lipinski definition) is 4. The topological polar surface area (TPSA) is 83.8 Å². The summed E-state index contributed by atoms with van der Waals surface area (Å²) >= 11 is 1.17. The summed E-state index contributed by atoms with van der Waals surface area (Å²) in [4.78, 5) is 13.8. The number of benzene rings is 1. The fraction of sp³-hybridized carbons (Fsp3) is 0.214. The molecule has 0 spiro atoms. The molecule has 0 amide bonds. The smallest absolute Gasteiger partial charge is 0.313 e. The molecule has 108 valence electrons. The van der Waals surface area contributed by atoms with Crippen molar-refractivity contribution in [2.75, 3.05) is 5.75 Å². The van der Waals surface area contributed by atoms with Gasteiger partial charge in [-0.15, -0.1) is 10.2 Å². The molecule has 3 aromatic rings. The van der Waals surface area contributed by atoms with E-state index in [1.54, 1.807) is 0 Å². The molecule has 0 aliphatic carbocycles. The fourth-order valence-electron chi connectivity index (χ4n) is 2.20. The third-order valence-corrected chi connectivity index (χ3v) is 4.28. The Morgan fingerprint density at radius 3 is 3.00 bits per heavy atom. The second-order valence-corrected chi connectivity index (χ2v) is 5.62. The van der Waals surface area contributed by atoms with Crippen molar-refractivity contribution in [3.63, 3.8) is 0 Å². The first kappa shape index (κ1) is 13.7. The maximum Gasteiger partial charge on any atom is 0.313 e. The number of nitrogens with zero attached hydrogens (tertiary/aromatic N) is 3. The van der Waals surface area contributed by atoms with E-state index in [2.05, 4.69) is 21.2 Å². The zero-order valence-electron chi connectivity index (χ0n) is 11.4. The number of fused-ring (bicyclic) bond motifs is 1. The van der Waals surface area contributed by atoms with E-state index in [0.717, 1.165) is 16.9 Å². The Labute approximate surface area is 125 Å². The molecule has 2 heterocycles. The van der Waals surface area contributed by atoms with Crippen molar-refractivity contribution in [1.82, 2.24) is 19.7 Å². The van der Waals surface area contributed by atoms with Crippen LogP contribution in [0.1, 0.15) is 11.4 Å². The third-order valence-electron chi connectivity index (χ3n) is 3.27. The highest BCUT2D eigenvalue weighted by atomic mass is 32.2. The highest BCUT2D eigenvalue weighted by molar-refractivity contribution is 7.99. The molecule has 0 bridgehead atoms. The van der Waals surface area contributed by atoms with Crippen LogP contribution in [0.25, 0.3) is 10.9 Å². The first-order chi connectivity index (χ1) is 10.1. The Hall–Kier alpha value is -2.28. The summed E-state index contributed by atoms with van der Waals surface area (Å²) in [5, 5.41) is 18.7. The summed E-state index contributed by atoms with van der Waals surface area (Å²) < 4.78 is 1.84. The lowest BCUT2D eigenvalue weighted by atomic mass is 10.1. The van der Waals surface area contributed by atoms with Gasteiger partial charge in [0, 0.05) is 30.6 Å². The molecule has 0 atom stereocenters. The minimum atomic E-state index is -0.860. The molecular weight excluding hydrogens is 288 g/mol. The van der Waals surface area contributed by atoms with E-state index in [4.69, 9.17) is 5.11 Å². The van der Waals surface area contributed by atoms with Crippen LogP contribution < -0.4 is 0 Å². The molecule has 0 aliphatic rings. The monoisotopic (exact) mass is 302 g/mol. The second kappa shape index (κ2) is 5.61. The van der Waals surface area contributed by atoms with Crippen LogP contribution in [0.5, 0.6) is 0 Å². The first-order valence-electron chi connectivity index (χ1n) is 6.43. The number of H-pyrrole nitrogens is 1. The molecule has 0 saturated heterocycles. The van der Waals surface area contributed by atoms with E-state index < -0.39 is 5.97 Å². The number of aromatic nitrogens is 4. The van der Waals surface area contributed by atoms with Gasteiger partial charge in [-0.25, -0.2) is 0 Å². The molecule has 7 heteroatoms. The van der Waals surface area contributed by atoms with Crippen LogP contribution >= 0.6 is 11.8 Å². The molecule has 2 aromatic heterocycles. The van der Waals surface area contributed by atoms with Crippen LogP contribution in [-0.2, 0) is 18.3 Å². The Balaban J connectivity index is 1.83. The normalized spacial score (nSPS) is 11.1. The zero-order valence-corrected chi connectivity index (χ0v) is 12.2. The predicted molar refractivity (Wildman–Crippen MR) is 80.5 cm³/mol. The summed E-state index contributed by atoms with van der Waals surface area (Å²) in [5.41, 5.74) is 2.24. The lowest BCUT2D eigenvalue weighted by Crippen LogP contribution is -2.02. The number of carboxylic acid groups (broad SMARTS) is 1. The minimum absolute atomic E-state index is 0.0148. The van der Waals surface area contributed by atoms with Crippen LogP contribution in [0, 0.1) is 0 Å². The number of carboxylic acids is 1. The van der Waals surface area contributed by atoms with Crippen LogP contribution in [-0.4, -0.2) is 36.6 Å². The highest BCUT2D eigenvalue weighted by Gasteiger charge is 2.13. The van der Waals surface area contributed by atoms with Gasteiger partial charge in [-0.2, -0.15) is 0 Å². The standard InChI is InChI=1S/C14H14N4O2S/c1-18-12(16-17-14(18)21-8-13(19)20)6-9-7-15-11-5-3-2-4-10(9)11/h2-5,7,15H,6,8H2,1H3,(H,19,20). The molecule has 0 aliphatic heterocycles. The van der Waals surface area contributed by atoms with Crippen LogP contribution in [0.15, 0.2) is 35.6 Å². The van der Waals surface area contributed by atoms with Gasteiger partial charge < -0.3 is 14.7 Å². The minimum Gasteiger partial charge on any atom is -0.481 e. The Kier molecular flexibility index (Phi) is 3.66. The van der Waals surface area contributed by atoms with Gasteiger partial charge in [-0.1, -0.05) is 30.0 Å². The third kappa shape index (κ3) is 2.78. The number of para-hydroxylation sites is 1. The Morgan fingerprint density at radius 2 is 2.19 bits per heavy atom. The number of hydrogen-bond donors (Lipinski definition) is 2. The molecule has 0 fully saturated rings. The summed E-state index contributed by atoms with van der Waals surface area (Å²) in [6.45, 7) is 0. The van der Waals surface area contributed by atoms with Crippen LogP contribution in [0.4, 0.5) is 0 Å². The Morgan fingerprint density at radius 1 is 1.38 bits per heavy atom.